The molecule has 3 aromatic carbocycles. The number of amides is 1. The second-order valence-corrected chi connectivity index (χ2v) is 10.2. The van der Waals surface area contributed by atoms with Gasteiger partial charge in [0.15, 0.2) is 14.6 Å². The Morgan fingerprint density at radius 3 is 2.28 bits per heavy atom. The van der Waals surface area contributed by atoms with E-state index in [4.69, 9.17) is 0 Å². The number of rotatable bonds is 5. The highest BCUT2D eigenvalue weighted by atomic mass is 32.2. The molecule has 0 saturated heterocycles. The maximum absolute atomic E-state index is 13.4. The van der Waals surface area contributed by atoms with E-state index in [2.05, 4.69) is 0 Å². The molecule has 4 nitrogen and oxygen atoms in total. The van der Waals surface area contributed by atoms with Crippen molar-refractivity contribution >= 4 is 26.5 Å². The first-order chi connectivity index (χ1) is 13.8. The van der Waals surface area contributed by atoms with E-state index in [1.807, 2.05) is 49.4 Å². The third kappa shape index (κ3) is 3.23. The number of benzene rings is 3. The summed E-state index contributed by atoms with van der Waals surface area (Å²) in [4.78, 5) is 15.2. The summed E-state index contributed by atoms with van der Waals surface area (Å²) in [6.45, 7) is 2.30. The lowest BCUT2D eigenvalue weighted by Gasteiger charge is -2.41. The van der Waals surface area contributed by atoms with Gasteiger partial charge in [0.05, 0.1) is 4.90 Å². The Kier molecular flexibility index (Phi) is 4.95. The molecule has 5 heteroatoms. The van der Waals surface area contributed by atoms with E-state index in [1.54, 1.807) is 36.2 Å². The van der Waals surface area contributed by atoms with E-state index in [1.165, 1.54) is 0 Å². The lowest BCUT2D eigenvalue weighted by Crippen LogP contribution is -2.57. The van der Waals surface area contributed by atoms with Gasteiger partial charge in [0.1, 0.15) is 0 Å². The predicted molar refractivity (Wildman–Crippen MR) is 115 cm³/mol. The molecule has 0 unspecified atom stereocenters. The normalized spacial score (nSPS) is 15.7. The summed E-state index contributed by atoms with van der Waals surface area (Å²) in [7, 11) is -2.05. The van der Waals surface area contributed by atoms with Gasteiger partial charge in [0.25, 0.3) is 0 Å². The largest absolute Gasteiger partial charge is 0.340 e. The number of fused-ring (bicyclic) bond motifs is 1. The molecular formula is C24H25NO3S. The Hall–Kier alpha value is -2.66. The third-order valence-electron chi connectivity index (χ3n) is 6.03. The minimum atomic E-state index is -3.75. The molecule has 0 atom stereocenters. The Bertz CT molecular complexity index is 1160. The van der Waals surface area contributed by atoms with Crippen molar-refractivity contribution in [2.45, 2.75) is 42.4 Å². The molecule has 1 saturated carbocycles. The molecular weight excluding hydrogens is 382 g/mol. The van der Waals surface area contributed by atoms with Crippen molar-refractivity contribution in [1.82, 2.24) is 4.90 Å². The van der Waals surface area contributed by atoms with Gasteiger partial charge in [-0.1, -0.05) is 60.2 Å². The molecule has 0 N–H and O–H groups in total. The van der Waals surface area contributed by atoms with E-state index in [0.29, 0.717) is 19.4 Å². The van der Waals surface area contributed by atoms with Gasteiger partial charge in [-0.05, 0) is 54.7 Å². The number of hydrogen-bond acceptors (Lipinski definition) is 3. The van der Waals surface area contributed by atoms with Crippen molar-refractivity contribution in [3.63, 3.8) is 0 Å². The highest BCUT2D eigenvalue weighted by molar-refractivity contribution is 7.93. The molecule has 4 rings (SSSR count). The quantitative estimate of drug-likeness (QED) is 0.626. The van der Waals surface area contributed by atoms with Gasteiger partial charge in [0.2, 0.25) is 5.91 Å². The van der Waals surface area contributed by atoms with Gasteiger partial charge in [-0.15, -0.1) is 0 Å². The smallest absolute Gasteiger partial charge is 0.244 e. The molecule has 0 bridgehead atoms. The molecule has 29 heavy (non-hydrogen) atoms. The summed E-state index contributed by atoms with van der Waals surface area (Å²) < 4.78 is 25.5. The SMILES string of the molecule is Cc1ccc(S(=O)(=O)C2(C(=O)N(C)Cc3cccc4ccccc34)CCC2)cc1. The van der Waals surface area contributed by atoms with Crippen molar-refractivity contribution in [1.29, 1.82) is 0 Å². The van der Waals surface area contributed by atoms with Crippen LogP contribution in [0.5, 0.6) is 0 Å². The first-order valence-corrected chi connectivity index (χ1v) is 11.4. The monoisotopic (exact) mass is 407 g/mol. The number of aryl methyl sites for hydroxylation is 1. The highest BCUT2D eigenvalue weighted by Gasteiger charge is 2.56. The number of carbonyl (C=O) groups excluding carboxylic acids is 1. The van der Waals surface area contributed by atoms with Crippen LogP contribution < -0.4 is 0 Å². The lowest BCUT2D eigenvalue weighted by molar-refractivity contribution is -0.135. The van der Waals surface area contributed by atoms with E-state index >= 15 is 0 Å². The number of sulfone groups is 1. The van der Waals surface area contributed by atoms with Gasteiger partial charge >= 0.3 is 0 Å². The average molecular weight is 408 g/mol. The van der Waals surface area contributed by atoms with Crippen LogP contribution in [0.3, 0.4) is 0 Å². The van der Waals surface area contributed by atoms with Gasteiger partial charge in [-0.25, -0.2) is 8.42 Å². The lowest BCUT2D eigenvalue weighted by atomic mass is 9.83. The minimum absolute atomic E-state index is 0.231. The second kappa shape index (κ2) is 7.30. The molecule has 0 aliphatic heterocycles. The third-order valence-corrected chi connectivity index (χ3v) is 8.54. The van der Waals surface area contributed by atoms with Crippen molar-refractivity contribution in [3.05, 3.63) is 77.9 Å². The van der Waals surface area contributed by atoms with Crippen molar-refractivity contribution in [3.8, 4) is 0 Å². The van der Waals surface area contributed by atoms with Gasteiger partial charge in [0, 0.05) is 13.6 Å². The standard InChI is InChI=1S/C24H25NO3S/c1-18-11-13-21(14-12-18)29(27,28)24(15-6-16-24)23(26)25(2)17-20-9-5-8-19-7-3-4-10-22(19)20/h3-5,7-14H,6,15-17H2,1-2H3. The summed E-state index contributed by atoms with van der Waals surface area (Å²) in [5.74, 6) is -0.308. The van der Waals surface area contributed by atoms with E-state index in [-0.39, 0.29) is 10.8 Å². The maximum Gasteiger partial charge on any atom is 0.244 e. The fourth-order valence-corrected chi connectivity index (χ4v) is 6.30. The summed E-state index contributed by atoms with van der Waals surface area (Å²) in [5.41, 5.74) is 2.01. The first-order valence-electron chi connectivity index (χ1n) is 9.89. The van der Waals surface area contributed by atoms with Crippen LogP contribution >= 0.6 is 0 Å². The molecule has 1 fully saturated rings. The van der Waals surface area contributed by atoms with Crippen LogP contribution in [0.1, 0.15) is 30.4 Å². The van der Waals surface area contributed by atoms with Gasteiger partial charge in [-0.3, -0.25) is 4.79 Å². The Balaban J connectivity index is 1.65. The van der Waals surface area contributed by atoms with Crippen molar-refractivity contribution in [2.75, 3.05) is 7.05 Å². The molecule has 3 aromatic rings. The van der Waals surface area contributed by atoms with Crippen LogP contribution in [0.15, 0.2) is 71.6 Å². The highest BCUT2D eigenvalue weighted by Crippen LogP contribution is 2.44. The molecule has 1 aliphatic rings. The summed E-state index contributed by atoms with van der Waals surface area (Å²) in [6, 6.07) is 20.8. The van der Waals surface area contributed by atoms with E-state index in [0.717, 1.165) is 28.3 Å². The Morgan fingerprint density at radius 1 is 0.966 bits per heavy atom. The molecule has 0 aromatic heterocycles. The van der Waals surface area contributed by atoms with Crippen LogP contribution in [0.25, 0.3) is 10.8 Å². The summed E-state index contributed by atoms with van der Waals surface area (Å²) in [5, 5.41) is 2.19. The van der Waals surface area contributed by atoms with Crippen molar-refractivity contribution in [2.24, 2.45) is 0 Å². The predicted octanol–water partition coefficient (Wildman–Crippen LogP) is 4.50. The minimum Gasteiger partial charge on any atom is -0.340 e. The fraction of sp³-hybridized carbons (Fsp3) is 0.292. The summed E-state index contributed by atoms with van der Waals surface area (Å²) >= 11 is 0. The molecule has 1 amide bonds. The van der Waals surface area contributed by atoms with Crippen LogP contribution in [-0.2, 0) is 21.2 Å². The number of carbonyl (C=O) groups is 1. The molecule has 150 valence electrons. The van der Waals surface area contributed by atoms with E-state index in [9.17, 15) is 13.2 Å². The zero-order valence-corrected chi connectivity index (χ0v) is 17.6. The van der Waals surface area contributed by atoms with E-state index < -0.39 is 14.6 Å². The van der Waals surface area contributed by atoms with Gasteiger partial charge in [-0.2, -0.15) is 0 Å². The number of hydrogen-bond donors (Lipinski definition) is 0. The zero-order chi connectivity index (χ0) is 20.6. The average Bonchev–Trinajstić information content (AvgIpc) is 2.67. The van der Waals surface area contributed by atoms with Crippen molar-refractivity contribution < 1.29 is 13.2 Å². The van der Waals surface area contributed by atoms with Crippen LogP contribution in [0.4, 0.5) is 0 Å². The molecule has 0 heterocycles. The topological polar surface area (TPSA) is 54.5 Å². The molecule has 1 aliphatic carbocycles. The number of nitrogens with zero attached hydrogens (tertiary/aromatic N) is 1. The van der Waals surface area contributed by atoms with Crippen LogP contribution in [-0.4, -0.2) is 31.0 Å². The second-order valence-electron chi connectivity index (χ2n) is 7.96. The molecule has 0 radical (unpaired) electrons. The molecule has 0 spiro atoms. The fourth-order valence-electron chi connectivity index (χ4n) is 4.14. The summed E-state index contributed by atoms with van der Waals surface area (Å²) in [6.07, 6.45) is 1.50. The van der Waals surface area contributed by atoms with Gasteiger partial charge < -0.3 is 4.90 Å². The first kappa shape index (κ1) is 19.6. The Morgan fingerprint density at radius 2 is 1.62 bits per heavy atom. The zero-order valence-electron chi connectivity index (χ0n) is 16.8. The Labute approximate surface area is 172 Å². The van der Waals surface area contributed by atoms with Crippen LogP contribution in [0.2, 0.25) is 0 Å². The maximum atomic E-state index is 13.4. The van der Waals surface area contributed by atoms with Crippen LogP contribution in [0, 0.1) is 6.92 Å².